The molecule has 5 nitrogen and oxygen atoms in total. The minimum atomic E-state index is -3.70. The molecule has 0 bridgehead atoms. The zero-order chi connectivity index (χ0) is 15.5. The quantitative estimate of drug-likeness (QED) is 0.836. The molecule has 1 N–H and O–H groups in total. The van der Waals surface area contributed by atoms with Crippen molar-refractivity contribution in [2.24, 2.45) is 0 Å². The molecule has 7 heteroatoms. The zero-order valence-corrected chi connectivity index (χ0v) is 13.3. The summed E-state index contributed by atoms with van der Waals surface area (Å²) in [5, 5.41) is 2.98. The average Bonchev–Trinajstić information content (AvgIpc) is 2.82. The first-order valence-corrected chi connectivity index (χ1v) is 9.02. The van der Waals surface area contributed by atoms with Crippen LogP contribution in [0.5, 0.6) is 0 Å². The Labute approximate surface area is 129 Å². The summed E-state index contributed by atoms with van der Waals surface area (Å²) in [7, 11) is 1.55. The Hall–Kier alpha value is -1.11. The number of hydrogen-bond donors (Lipinski definition) is 1. The van der Waals surface area contributed by atoms with Crippen LogP contribution in [0.15, 0.2) is 29.2 Å². The highest BCUT2D eigenvalue weighted by Gasteiger charge is 2.30. The van der Waals surface area contributed by atoms with Crippen LogP contribution >= 0.6 is 10.7 Å². The second-order valence-corrected chi connectivity index (χ2v) is 8.06. The lowest BCUT2D eigenvalue weighted by atomic mass is 10.0. The van der Waals surface area contributed by atoms with Crippen molar-refractivity contribution in [3.8, 4) is 0 Å². The van der Waals surface area contributed by atoms with Crippen molar-refractivity contribution in [1.82, 2.24) is 5.32 Å². The standard InChI is InChI=1S/C14H18ClNO4S/c1-14(8-9-20-10-14)16-13(17)7-4-11-2-5-12(6-3-11)21(15,18)19/h2-3,5-6H,4,7-10H2,1H3,(H,16,17). The van der Waals surface area contributed by atoms with Crippen LogP contribution in [0.3, 0.4) is 0 Å². The summed E-state index contributed by atoms with van der Waals surface area (Å²) in [6, 6.07) is 6.23. The number of halogens is 1. The second-order valence-electron chi connectivity index (χ2n) is 5.49. The van der Waals surface area contributed by atoms with Gasteiger partial charge in [0.1, 0.15) is 0 Å². The van der Waals surface area contributed by atoms with Gasteiger partial charge in [-0.05, 0) is 37.5 Å². The van der Waals surface area contributed by atoms with Crippen LogP contribution in [-0.2, 0) is 25.0 Å². The fraction of sp³-hybridized carbons (Fsp3) is 0.500. The molecular formula is C14H18ClNO4S. The minimum Gasteiger partial charge on any atom is -0.379 e. The van der Waals surface area contributed by atoms with E-state index in [1.165, 1.54) is 12.1 Å². The van der Waals surface area contributed by atoms with Crippen LogP contribution < -0.4 is 5.32 Å². The largest absolute Gasteiger partial charge is 0.379 e. The van der Waals surface area contributed by atoms with Crippen LogP contribution in [0.25, 0.3) is 0 Å². The summed E-state index contributed by atoms with van der Waals surface area (Å²) in [5.41, 5.74) is 0.621. The van der Waals surface area contributed by atoms with E-state index in [2.05, 4.69) is 5.32 Å². The van der Waals surface area contributed by atoms with E-state index in [0.29, 0.717) is 26.1 Å². The molecule has 2 rings (SSSR count). The van der Waals surface area contributed by atoms with Gasteiger partial charge in [0.25, 0.3) is 9.05 Å². The number of amides is 1. The maximum atomic E-state index is 11.9. The monoisotopic (exact) mass is 331 g/mol. The molecule has 1 aromatic rings. The second kappa shape index (κ2) is 6.34. The molecule has 1 atom stereocenters. The first kappa shape index (κ1) is 16.3. The summed E-state index contributed by atoms with van der Waals surface area (Å²) in [4.78, 5) is 12.0. The van der Waals surface area contributed by atoms with Crippen molar-refractivity contribution in [2.75, 3.05) is 13.2 Å². The first-order valence-electron chi connectivity index (χ1n) is 6.71. The molecule has 0 aromatic heterocycles. The van der Waals surface area contributed by atoms with Gasteiger partial charge < -0.3 is 10.1 Å². The number of carbonyl (C=O) groups is 1. The number of benzene rings is 1. The predicted octanol–water partition coefficient (Wildman–Crippen LogP) is 1.84. The van der Waals surface area contributed by atoms with Crippen LogP contribution in [-0.4, -0.2) is 33.1 Å². The van der Waals surface area contributed by atoms with Gasteiger partial charge in [-0.15, -0.1) is 0 Å². The molecule has 0 spiro atoms. The van der Waals surface area contributed by atoms with Crippen LogP contribution in [0, 0.1) is 0 Å². The maximum Gasteiger partial charge on any atom is 0.261 e. The first-order chi connectivity index (χ1) is 9.78. The summed E-state index contributed by atoms with van der Waals surface area (Å²) < 4.78 is 27.5. The smallest absolute Gasteiger partial charge is 0.261 e. The van der Waals surface area contributed by atoms with Gasteiger partial charge in [0, 0.05) is 23.7 Å². The third kappa shape index (κ3) is 4.69. The van der Waals surface area contributed by atoms with Crippen molar-refractivity contribution in [3.05, 3.63) is 29.8 Å². The van der Waals surface area contributed by atoms with Gasteiger partial charge in [0.15, 0.2) is 0 Å². The van der Waals surface area contributed by atoms with E-state index >= 15 is 0 Å². The number of carbonyl (C=O) groups excluding carboxylic acids is 1. The predicted molar refractivity (Wildman–Crippen MR) is 79.8 cm³/mol. The van der Waals surface area contributed by atoms with Gasteiger partial charge in [-0.3, -0.25) is 4.79 Å². The zero-order valence-electron chi connectivity index (χ0n) is 11.8. The molecule has 1 aliphatic heterocycles. The van der Waals surface area contributed by atoms with Gasteiger partial charge in [-0.25, -0.2) is 8.42 Å². The van der Waals surface area contributed by atoms with E-state index in [9.17, 15) is 13.2 Å². The van der Waals surface area contributed by atoms with Crippen molar-refractivity contribution >= 4 is 25.6 Å². The topological polar surface area (TPSA) is 72.5 Å². The molecule has 116 valence electrons. The Kier molecular flexibility index (Phi) is 4.91. The number of hydrogen-bond acceptors (Lipinski definition) is 4. The summed E-state index contributed by atoms with van der Waals surface area (Å²) in [6.07, 6.45) is 1.72. The maximum absolute atomic E-state index is 11.9. The van der Waals surface area contributed by atoms with Gasteiger partial charge in [-0.1, -0.05) is 12.1 Å². The van der Waals surface area contributed by atoms with Gasteiger partial charge in [0.05, 0.1) is 17.0 Å². The number of nitrogens with one attached hydrogen (secondary N) is 1. The van der Waals surface area contributed by atoms with Gasteiger partial charge in [-0.2, -0.15) is 0 Å². The Morgan fingerprint density at radius 2 is 2.05 bits per heavy atom. The van der Waals surface area contributed by atoms with Crippen LogP contribution in [0.4, 0.5) is 0 Å². The van der Waals surface area contributed by atoms with Crippen molar-refractivity contribution < 1.29 is 17.9 Å². The highest BCUT2D eigenvalue weighted by Crippen LogP contribution is 2.18. The lowest BCUT2D eigenvalue weighted by Gasteiger charge is -2.23. The van der Waals surface area contributed by atoms with E-state index < -0.39 is 9.05 Å². The molecule has 0 aliphatic carbocycles. The molecule has 1 aromatic carbocycles. The third-order valence-corrected chi connectivity index (χ3v) is 4.88. The lowest BCUT2D eigenvalue weighted by Crippen LogP contribution is -2.46. The van der Waals surface area contributed by atoms with Crippen molar-refractivity contribution in [3.63, 3.8) is 0 Å². The summed E-state index contributed by atoms with van der Waals surface area (Å²) in [5.74, 6) is -0.0305. The van der Waals surface area contributed by atoms with Crippen LogP contribution in [0.2, 0.25) is 0 Å². The highest BCUT2D eigenvalue weighted by molar-refractivity contribution is 8.13. The molecule has 1 saturated heterocycles. The average molecular weight is 332 g/mol. The van der Waals surface area contributed by atoms with E-state index in [1.807, 2.05) is 6.92 Å². The van der Waals surface area contributed by atoms with Crippen LogP contribution in [0.1, 0.15) is 25.3 Å². The minimum absolute atomic E-state index is 0.0305. The molecular weight excluding hydrogens is 314 g/mol. The summed E-state index contributed by atoms with van der Waals surface area (Å²) >= 11 is 0. The number of rotatable bonds is 5. The van der Waals surface area contributed by atoms with Crippen molar-refractivity contribution in [2.45, 2.75) is 36.6 Å². The van der Waals surface area contributed by atoms with Crippen molar-refractivity contribution in [1.29, 1.82) is 0 Å². The van der Waals surface area contributed by atoms with E-state index in [-0.39, 0.29) is 16.3 Å². The Morgan fingerprint density at radius 3 is 2.57 bits per heavy atom. The van der Waals surface area contributed by atoms with E-state index in [0.717, 1.165) is 12.0 Å². The highest BCUT2D eigenvalue weighted by atomic mass is 35.7. The molecule has 1 aliphatic rings. The molecule has 0 radical (unpaired) electrons. The number of ether oxygens (including phenoxy) is 1. The molecule has 21 heavy (non-hydrogen) atoms. The Bertz CT molecular complexity index is 606. The molecule has 1 amide bonds. The molecule has 0 saturated carbocycles. The lowest BCUT2D eigenvalue weighted by molar-refractivity contribution is -0.122. The fourth-order valence-corrected chi connectivity index (χ4v) is 3.01. The van der Waals surface area contributed by atoms with E-state index in [1.54, 1.807) is 12.1 Å². The summed E-state index contributed by atoms with van der Waals surface area (Å²) in [6.45, 7) is 3.18. The van der Waals surface area contributed by atoms with Gasteiger partial charge in [0.2, 0.25) is 5.91 Å². The molecule has 1 fully saturated rings. The van der Waals surface area contributed by atoms with Gasteiger partial charge >= 0.3 is 0 Å². The molecule has 1 unspecified atom stereocenters. The normalized spacial score (nSPS) is 22.2. The number of aryl methyl sites for hydroxylation is 1. The fourth-order valence-electron chi connectivity index (χ4n) is 2.24. The molecule has 1 heterocycles. The van der Waals surface area contributed by atoms with E-state index in [4.69, 9.17) is 15.4 Å². The Balaban J connectivity index is 1.86. The Morgan fingerprint density at radius 1 is 1.38 bits per heavy atom. The third-order valence-electron chi connectivity index (χ3n) is 3.51. The SMILES string of the molecule is CC1(NC(=O)CCc2ccc(S(=O)(=O)Cl)cc2)CCOC1.